The summed E-state index contributed by atoms with van der Waals surface area (Å²) in [6.45, 7) is 1.37. The minimum atomic E-state index is -0.0193. The zero-order valence-electron chi connectivity index (χ0n) is 17.3. The maximum absolute atomic E-state index is 12.7. The highest BCUT2D eigenvalue weighted by molar-refractivity contribution is 5.92. The number of ether oxygens (including phenoxy) is 1. The summed E-state index contributed by atoms with van der Waals surface area (Å²) in [6, 6.07) is 27.5. The first-order valence-corrected chi connectivity index (χ1v) is 10.7. The lowest BCUT2D eigenvalue weighted by Gasteiger charge is -2.27. The smallest absolute Gasteiger partial charge is 0.243 e. The van der Waals surface area contributed by atoms with Crippen LogP contribution in [-0.2, 0) is 4.79 Å². The Bertz CT molecular complexity index is 1060. The number of carbonyl (C=O) groups is 1. The van der Waals surface area contributed by atoms with E-state index in [1.165, 1.54) is 11.3 Å². The molecule has 156 valence electrons. The van der Waals surface area contributed by atoms with Crippen molar-refractivity contribution in [3.8, 4) is 11.5 Å². The fourth-order valence-electron chi connectivity index (χ4n) is 4.29. The lowest BCUT2D eigenvalue weighted by Crippen LogP contribution is -2.39. The largest absolute Gasteiger partial charge is 0.457 e. The predicted molar refractivity (Wildman–Crippen MR) is 122 cm³/mol. The molecule has 2 heterocycles. The van der Waals surface area contributed by atoms with E-state index >= 15 is 0 Å². The molecule has 1 amide bonds. The number of para-hydroxylation sites is 1. The van der Waals surface area contributed by atoms with Crippen molar-refractivity contribution >= 4 is 17.3 Å². The van der Waals surface area contributed by atoms with Gasteiger partial charge in [-0.1, -0.05) is 48.5 Å². The molecule has 0 aliphatic carbocycles. The van der Waals surface area contributed by atoms with Crippen molar-refractivity contribution in [1.82, 2.24) is 9.80 Å². The average Bonchev–Trinajstić information content (AvgIpc) is 3.40. The van der Waals surface area contributed by atoms with Gasteiger partial charge in [0.15, 0.2) is 0 Å². The molecular formula is C26H25N3O2. The van der Waals surface area contributed by atoms with E-state index in [-0.39, 0.29) is 12.1 Å². The van der Waals surface area contributed by atoms with Gasteiger partial charge in [-0.3, -0.25) is 4.79 Å². The third-order valence-corrected chi connectivity index (χ3v) is 5.71. The molecule has 1 N–H and O–H groups in total. The second-order valence-corrected chi connectivity index (χ2v) is 7.86. The van der Waals surface area contributed by atoms with Gasteiger partial charge in [0.1, 0.15) is 17.7 Å². The zero-order valence-corrected chi connectivity index (χ0v) is 17.3. The van der Waals surface area contributed by atoms with Gasteiger partial charge in [0, 0.05) is 18.4 Å². The Labute approximate surface area is 182 Å². The van der Waals surface area contributed by atoms with Crippen molar-refractivity contribution in [1.29, 1.82) is 0 Å². The third kappa shape index (κ3) is 4.26. The first kappa shape index (κ1) is 19.2. The van der Waals surface area contributed by atoms with E-state index in [1.54, 1.807) is 0 Å². The highest BCUT2D eigenvalue weighted by Crippen LogP contribution is 2.36. The number of nitrogens with zero attached hydrogens (tertiary/aromatic N) is 2. The summed E-state index contributed by atoms with van der Waals surface area (Å²) in [5.74, 6) is 1.50. The molecule has 5 heteroatoms. The van der Waals surface area contributed by atoms with E-state index in [1.807, 2.05) is 60.7 Å². The molecule has 5 nitrogen and oxygen atoms in total. The van der Waals surface area contributed by atoms with Crippen LogP contribution in [0.4, 0.5) is 5.69 Å². The van der Waals surface area contributed by atoms with Crippen molar-refractivity contribution in [3.63, 3.8) is 0 Å². The molecule has 31 heavy (non-hydrogen) atoms. The van der Waals surface area contributed by atoms with Gasteiger partial charge in [0.25, 0.3) is 0 Å². The lowest BCUT2D eigenvalue weighted by molar-refractivity contribution is -0.117. The van der Waals surface area contributed by atoms with Crippen LogP contribution >= 0.6 is 0 Å². The summed E-state index contributed by atoms with van der Waals surface area (Å²) in [4.78, 5) is 17.3. The molecule has 2 aliphatic rings. The van der Waals surface area contributed by atoms with E-state index in [0.717, 1.165) is 36.6 Å². The summed E-state index contributed by atoms with van der Waals surface area (Å²) in [5, 5.41) is 3.01. The zero-order chi connectivity index (χ0) is 21.0. The van der Waals surface area contributed by atoms with Crippen LogP contribution in [0, 0.1) is 0 Å². The number of fused-ring (bicyclic) bond motifs is 1. The number of amides is 1. The SMILES string of the molecule is O=C(CN1C=C(c2ccccc2)N2CCCC12)Nc1ccc(Oc2ccccc2)cc1. The van der Waals surface area contributed by atoms with Gasteiger partial charge in [-0.25, -0.2) is 0 Å². The summed E-state index contributed by atoms with van der Waals surface area (Å²) in [6.07, 6.45) is 4.62. The number of anilines is 1. The molecule has 1 fully saturated rings. The fraction of sp³-hybridized carbons (Fsp3) is 0.192. The summed E-state index contributed by atoms with van der Waals surface area (Å²) < 4.78 is 5.81. The fourth-order valence-corrected chi connectivity index (χ4v) is 4.29. The number of nitrogens with one attached hydrogen (secondary N) is 1. The van der Waals surface area contributed by atoms with Gasteiger partial charge in [0.05, 0.1) is 12.2 Å². The monoisotopic (exact) mass is 411 g/mol. The van der Waals surface area contributed by atoms with E-state index in [9.17, 15) is 4.79 Å². The number of carbonyl (C=O) groups excluding carboxylic acids is 1. The average molecular weight is 412 g/mol. The molecule has 3 aromatic rings. The van der Waals surface area contributed by atoms with Crippen LogP contribution in [0.3, 0.4) is 0 Å². The molecule has 3 aromatic carbocycles. The van der Waals surface area contributed by atoms with Gasteiger partial charge < -0.3 is 19.9 Å². The molecule has 1 atom stereocenters. The minimum absolute atomic E-state index is 0.0193. The highest BCUT2D eigenvalue weighted by atomic mass is 16.5. The molecule has 0 spiro atoms. The summed E-state index contributed by atoms with van der Waals surface area (Å²) in [7, 11) is 0. The van der Waals surface area contributed by atoms with Crippen LogP contribution in [0.2, 0.25) is 0 Å². The number of rotatable bonds is 6. The molecule has 0 radical (unpaired) electrons. The highest BCUT2D eigenvalue weighted by Gasteiger charge is 2.36. The van der Waals surface area contributed by atoms with Crippen LogP contribution in [0.1, 0.15) is 18.4 Å². The first-order valence-electron chi connectivity index (χ1n) is 10.7. The van der Waals surface area contributed by atoms with E-state index in [2.05, 4.69) is 45.6 Å². The molecule has 0 aromatic heterocycles. The first-order chi connectivity index (χ1) is 15.3. The van der Waals surface area contributed by atoms with Crippen LogP contribution in [0.15, 0.2) is 91.1 Å². The van der Waals surface area contributed by atoms with E-state index < -0.39 is 0 Å². The summed E-state index contributed by atoms with van der Waals surface area (Å²) in [5.41, 5.74) is 3.17. The van der Waals surface area contributed by atoms with Gasteiger partial charge in [-0.05, 0) is 54.8 Å². The van der Waals surface area contributed by atoms with Crippen molar-refractivity contribution < 1.29 is 9.53 Å². The molecule has 2 aliphatic heterocycles. The maximum atomic E-state index is 12.7. The quantitative estimate of drug-likeness (QED) is 0.609. The number of hydrogen-bond acceptors (Lipinski definition) is 4. The van der Waals surface area contributed by atoms with Crippen molar-refractivity contribution in [2.45, 2.75) is 19.0 Å². The Hall–Kier alpha value is -3.73. The molecule has 0 saturated carbocycles. The van der Waals surface area contributed by atoms with Gasteiger partial charge in [-0.2, -0.15) is 0 Å². The van der Waals surface area contributed by atoms with Gasteiger partial charge >= 0.3 is 0 Å². The predicted octanol–water partition coefficient (Wildman–Crippen LogP) is 5.15. The Morgan fingerprint density at radius 3 is 2.32 bits per heavy atom. The van der Waals surface area contributed by atoms with Crippen LogP contribution in [0.25, 0.3) is 5.70 Å². The van der Waals surface area contributed by atoms with Crippen LogP contribution in [-0.4, -0.2) is 35.0 Å². The Morgan fingerprint density at radius 2 is 1.58 bits per heavy atom. The molecule has 5 rings (SSSR count). The molecule has 0 bridgehead atoms. The summed E-state index contributed by atoms with van der Waals surface area (Å²) >= 11 is 0. The van der Waals surface area contributed by atoms with Crippen LogP contribution in [0.5, 0.6) is 11.5 Å². The van der Waals surface area contributed by atoms with Crippen molar-refractivity contribution in [3.05, 3.63) is 96.7 Å². The minimum Gasteiger partial charge on any atom is -0.457 e. The lowest BCUT2D eigenvalue weighted by atomic mass is 10.1. The molecular weight excluding hydrogens is 386 g/mol. The Balaban J connectivity index is 1.22. The maximum Gasteiger partial charge on any atom is 0.243 e. The normalized spacial score (nSPS) is 17.3. The van der Waals surface area contributed by atoms with Gasteiger partial charge in [-0.15, -0.1) is 0 Å². The Kier molecular flexibility index (Phi) is 5.31. The third-order valence-electron chi connectivity index (χ3n) is 5.71. The topological polar surface area (TPSA) is 44.8 Å². The van der Waals surface area contributed by atoms with Crippen LogP contribution < -0.4 is 10.1 Å². The van der Waals surface area contributed by atoms with E-state index in [4.69, 9.17) is 4.74 Å². The standard InChI is InChI=1S/C26H25N3O2/c30-25(27-21-13-15-23(16-14-21)31-22-10-5-2-6-11-22)19-28-18-24(20-8-3-1-4-9-20)29-17-7-12-26(28)29/h1-6,8-11,13-16,18,26H,7,12,17,19H2,(H,27,30). The van der Waals surface area contributed by atoms with Gasteiger partial charge in [0.2, 0.25) is 5.91 Å². The number of benzene rings is 3. The Morgan fingerprint density at radius 1 is 0.903 bits per heavy atom. The van der Waals surface area contributed by atoms with E-state index in [0.29, 0.717) is 6.54 Å². The number of hydrogen-bond donors (Lipinski definition) is 1. The molecule has 1 saturated heterocycles. The van der Waals surface area contributed by atoms with Crippen molar-refractivity contribution in [2.75, 3.05) is 18.4 Å². The second kappa shape index (κ2) is 8.56. The van der Waals surface area contributed by atoms with Crippen molar-refractivity contribution in [2.24, 2.45) is 0 Å². The second-order valence-electron chi connectivity index (χ2n) is 7.86. The molecule has 1 unspecified atom stereocenters.